The monoisotopic (exact) mass is 462 g/mol. The Kier molecular flexibility index (Phi) is 5.92. The molecule has 168 valence electrons. The molecule has 1 aliphatic carbocycles. The minimum absolute atomic E-state index is 0.215. The fourth-order valence-electron chi connectivity index (χ4n) is 4.14. The molecule has 0 spiro atoms. The van der Waals surface area contributed by atoms with E-state index in [1.807, 2.05) is 18.2 Å². The number of pyridine rings is 1. The lowest BCUT2D eigenvalue weighted by Crippen LogP contribution is -2.22. The van der Waals surface area contributed by atoms with Crippen LogP contribution in [0.5, 0.6) is 6.01 Å². The normalized spacial score (nSPS) is 13.0. The molecule has 3 aromatic heterocycles. The van der Waals surface area contributed by atoms with E-state index in [9.17, 15) is 4.79 Å². The summed E-state index contributed by atoms with van der Waals surface area (Å²) in [7, 11) is 1.64. The highest BCUT2D eigenvalue weighted by molar-refractivity contribution is 6.31. The third kappa shape index (κ3) is 4.39. The van der Waals surface area contributed by atoms with Gasteiger partial charge in [-0.3, -0.25) is 14.3 Å². The van der Waals surface area contributed by atoms with Gasteiger partial charge in [-0.25, -0.2) is 9.97 Å². The molecule has 0 atom stereocenters. The van der Waals surface area contributed by atoms with E-state index in [-0.39, 0.29) is 11.6 Å². The van der Waals surface area contributed by atoms with Crippen LogP contribution in [0.15, 0.2) is 47.7 Å². The summed E-state index contributed by atoms with van der Waals surface area (Å²) >= 11 is 6.21. The average molecular weight is 463 g/mol. The van der Waals surface area contributed by atoms with Crippen LogP contribution in [0.1, 0.15) is 24.1 Å². The van der Waals surface area contributed by atoms with Gasteiger partial charge in [0.2, 0.25) is 0 Å². The van der Waals surface area contributed by atoms with Crippen LogP contribution in [0.2, 0.25) is 5.02 Å². The zero-order valence-electron chi connectivity index (χ0n) is 18.2. The van der Waals surface area contributed by atoms with E-state index in [4.69, 9.17) is 21.3 Å². The van der Waals surface area contributed by atoms with Crippen LogP contribution in [0.3, 0.4) is 0 Å². The topological polar surface area (TPSA) is 94.8 Å². The molecule has 0 aliphatic heterocycles. The number of aryl methyl sites for hydroxylation is 1. The molecule has 4 aromatic rings. The van der Waals surface area contributed by atoms with Gasteiger partial charge in [0.25, 0.3) is 11.6 Å². The molecular weight excluding hydrogens is 440 g/mol. The molecule has 0 saturated heterocycles. The van der Waals surface area contributed by atoms with E-state index in [1.165, 1.54) is 22.5 Å². The molecule has 0 unspecified atom stereocenters. The van der Waals surface area contributed by atoms with E-state index >= 15 is 0 Å². The highest BCUT2D eigenvalue weighted by Gasteiger charge is 2.18. The summed E-state index contributed by atoms with van der Waals surface area (Å²) in [5.74, 6) is 0. The molecule has 33 heavy (non-hydrogen) atoms. The standard InChI is InChI=1S/C24H23ClN6O2/c1-31-22(32)13-21(19-8-9-26-14-28-19)30-24(31)33-11-10-27-23-16-4-2-3-5-18(16)29-20-12-15(25)6-7-17(20)23/h6-9,12-14H,2-5,10-11H2,1H3,(H,27,29). The van der Waals surface area contributed by atoms with Crippen molar-refractivity contribution in [2.75, 3.05) is 18.5 Å². The number of nitrogens with one attached hydrogen (secondary N) is 1. The molecule has 0 fully saturated rings. The third-order valence-electron chi connectivity index (χ3n) is 5.80. The summed E-state index contributed by atoms with van der Waals surface area (Å²) < 4.78 is 7.27. The lowest BCUT2D eigenvalue weighted by molar-refractivity contribution is 0.290. The van der Waals surface area contributed by atoms with Gasteiger partial charge in [0.15, 0.2) is 0 Å². The van der Waals surface area contributed by atoms with E-state index < -0.39 is 0 Å². The number of anilines is 1. The number of hydrogen-bond donors (Lipinski definition) is 1. The molecule has 3 heterocycles. The van der Waals surface area contributed by atoms with Crippen molar-refractivity contribution in [2.24, 2.45) is 7.05 Å². The van der Waals surface area contributed by atoms with Crippen molar-refractivity contribution in [3.05, 3.63) is 69.5 Å². The maximum Gasteiger partial charge on any atom is 0.299 e. The third-order valence-corrected chi connectivity index (χ3v) is 6.03. The second-order valence-electron chi connectivity index (χ2n) is 7.97. The van der Waals surface area contributed by atoms with Gasteiger partial charge >= 0.3 is 0 Å². The van der Waals surface area contributed by atoms with Crippen molar-refractivity contribution < 1.29 is 4.74 Å². The van der Waals surface area contributed by atoms with Crippen molar-refractivity contribution in [3.63, 3.8) is 0 Å². The minimum Gasteiger partial charge on any atom is -0.463 e. The first kappa shape index (κ1) is 21.3. The molecule has 1 N–H and O–H groups in total. The molecule has 1 aromatic carbocycles. The number of rotatable bonds is 6. The van der Waals surface area contributed by atoms with Gasteiger partial charge in [0, 0.05) is 47.6 Å². The number of aromatic nitrogens is 5. The molecule has 1 aliphatic rings. The largest absolute Gasteiger partial charge is 0.463 e. The Morgan fingerprint density at radius 1 is 1.12 bits per heavy atom. The van der Waals surface area contributed by atoms with Crippen molar-refractivity contribution in [2.45, 2.75) is 25.7 Å². The zero-order chi connectivity index (χ0) is 22.8. The molecule has 5 rings (SSSR count). The lowest BCUT2D eigenvalue weighted by atomic mass is 9.92. The summed E-state index contributed by atoms with van der Waals surface area (Å²) in [6.45, 7) is 0.876. The molecule has 8 nitrogen and oxygen atoms in total. The van der Waals surface area contributed by atoms with Crippen LogP contribution in [0.4, 0.5) is 5.69 Å². The van der Waals surface area contributed by atoms with Crippen LogP contribution in [0.25, 0.3) is 22.3 Å². The van der Waals surface area contributed by atoms with Crippen molar-refractivity contribution in [3.8, 4) is 17.4 Å². The lowest BCUT2D eigenvalue weighted by Gasteiger charge is -2.22. The highest BCUT2D eigenvalue weighted by atomic mass is 35.5. The molecule has 0 amide bonds. The molecular formula is C24H23ClN6O2. The van der Waals surface area contributed by atoms with Gasteiger partial charge in [-0.15, -0.1) is 0 Å². The van der Waals surface area contributed by atoms with Crippen LogP contribution < -0.4 is 15.6 Å². The number of halogens is 1. The fraction of sp³-hybridized carbons (Fsp3) is 0.292. The Morgan fingerprint density at radius 3 is 2.85 bits per heavy atom. The first-order chi connectivity index (χ1) is 16.1. The van der Waals surface area contributed by atoms with Crippen molar-refractivity contribution in [1.29, 1.82) is 0 Å². The number of hydrogen-bond acceptors (Lipinski definition) is 7. The second kappa shape index (κ2) is 9.15. The first-order valence-electron chi connectivity index (χ1n) is 10.9. The van der Waals surface area contributed by atoms with Crippen LogP contribution >= 0.6 is 11.6 Å². The number of benzene rings is 1. The number of nitrogens with zero attached hydrogens (tertiary/aromatic N) is 5. The summed E-state index contributed by atoms with van der Waals surface area (Å²) in [6.07, 6.45) is 7.31. The average Bonchev–Trinajstić information content (AvgIpc) is 2.83. The SMILES string of the molecule is Cn1c(OCCNc2c3c(nc4cc(Cl)ccc24)CCCC3)nc(-c2ccncn2)cc1=O. The molecule has 0 radical (unpaired) electrons. The Morgan fingerprint density at radius 2 is 2.00 bits per heavy atom. The maximum absolute atomic E-state index is 12.4. The smallest absolute Gasteiger partial charge is 0.299 e. The van der Waals surface area contributed by atoms with E-state index in [0.717, 1.165) is 48.0 Å². The zero-order valence-corrected chi connectivity index (χ0v) is 19.0. The van der Waals surface area contributed by atoms with Crippen molar-refractivity contribution >= 4 is 28.2 Å². The van der Waals surface area contributed by atoms with Crippen LogP contribution in [0, 0.1) is 0 Å². The van der Waals surface area contributed by atoms with E-state index in [1.54, 1.807) is 19.3 Å². The van der Waals surface area contributed by atoms with Crippen LogP contribution in [-0.4, -0.2) is 37.7 Å². The molecule has 0 saturated carbocycles. The molecule has 0 bridgehead atoms. The predicted molar refractivity (Wildman–Crippen MR) is 128 cm³/mol. The number of fused-ring (bicyclic) bond motifs is 2. The van der Waals surface area contributed by atoms with Crippen LogP contribution in [-0.2, 0) is 19.9 Å². The van der Waals surface area contributed by atoms with Gasteiger partial charge in [-0.1, -0.05) is 11.6 Å². The first-order valence-corrected chi connectivity index (χ1v) is 11.3. The van der Waals surface area contributed by atoms with Gasteiger partial charge in [0.05, 0.1) is 16.9 Å². The molecule has 9 heteroatoms. The number of ether oxygens (including phenoxy) is 1. The maximum atomic E-state index is 12.4. The van der Waals surface area contributed by atoms with Crippen molar-refractivity contribution in [1.82, 2.24) is 24.5 Å². The highest BCUT2D eigenvalue weighted by Crippen LogP contribution is 2.34. The Bertz CT molecular complexity index is 1370. The van der Waals surface area contributed by atoms with E-state index in [2.05, 4.69) is 20.3 Å². The van der Waals surface area contributed by atoms with Gasteiger partial charge in [-0.2, -0.15) is 4.98 Å². The summed E-state index contributed by atoms with van der Waals surface area (Å²) in [5.41, 5.74) is 5.20. The fourth-order valence-corrected chi connectivity index (χ4v) is 4.31. The summed E-state index contributed by atoms with van der Waals surface area (Å²) in [5, 5.41) is 5.27. The quantitative estimate of drug-likeness (QED) is 0.435. The summed E-state index contributed by atoms with van der Waals surface area (Å²) in [4.78, 5) is 29.8. The van der Waals surface area contributed by atoms with Gasteiger partial charge < -0.3 is 10.1 Å². The Labute approximate surface area is 195 Å². The summed E-state index contributed by atoms with van der Waals surface area (Å²) in [6, 6.07) is 9.20. The van der Waals surface area contributed by atoms with Gasteiger partial charge in [-0.05, 0) is 55.5 Å². The minimum atomic E-state index is -0.215. The second-order valence-corrected chi connectivity index (χ2v) is 8.41. The Balaban J connectivity index is 1.36. The Hall–Kier alpha value is -3.52. The van der Waals surface area contributed by atoms with Gasteiger partial charge in [0.1, 0.15) is 12.9 Å². The van der Waals surface area contributed by atoms with E-state index in [0.29, 0.717) is 29.6 Å². The predicted octanol–water partition coefficient (Wildman–Crippen LogP) is 3.81.